The number of hydrogen-bond acceptors (Lipinski definition) is 6. The number of aliphatic hydroxyl groups excluding tert-OH is 1. The van der Waals surface area contributed by atoms with Crippen LogP contribution in [-0.4, -0.2) is 45.1 Å². The lowest BCUT2D eigenvalue weighted by Gasteiger charge is -2.23. The zero-order chi connectivity index (χ0) is 19.4. The molecule has 2 aromatic rings. The van der Waals surface area contributed by atoms with Crippen LogP contribution in [0.5, 0.6) is 11.5 Å². The van der Waals surface area contributed by atoms with E-state index in [-0.39, 0.29) is 35.7 Å². The Morgan fingerprint density at radius 2 is 2.26 bits per heavy atom. The Bertz CT molecular complexity index is 863. The summed E-state index contributed by atoms with van der Waals surface area (Å²) in [5.74, 6) is -0.671. The standard InChI is InChI=1S/C17H17FN4O5/c18-14-8-11(22(25)26)3-4-15(14)27-13-5-6-19-16(9-13)20-17(24)21-7-1-2-12(21)10-23/h3-6,8-9,12,23H,1-2,7,10H2,(H,19,20,24)/t12-/m1/s1. The summed E-state index contributed by atoms with van der Waals surface area (Å²) in [5.41, 5.74) is -0.383. The number of nitrogens with one attached hydrogen (secondary N) is 1. The quantitative estimate of drug-likeness (QED) is 0.612. The Kier molecular flexibility index (Phi) is 5.46. The van der Waals surface area contributed by atoms with Gasteiger partial charge in [-0.3, -0.25) is 15.4 Å². The minimum atomic E-state index is -0.880. The molecule has 0 radical (unpaired) electrons. The second-order valence-electron chi connectivity index (χ2n) is 5.95. The van der Waals surface area contributed by atoms with E-state index in [4.69, 9.17) is 4.74 Å². The van der Waals surface area contributed by atoms with Crippen LogP contribution in [0.1, 0.15) is 12.8 Å². The Hall–Kier alpha value is -3.27. The molecule has 27 heavy (non-hydrogen) atoms. The molecular formula is C17H17FN4O5. The molecule has 9 nitrogen and oxygen atoms in total. The van der Waals surface area contributed by atoms with Crippen LogP contribution in [0.4, 0.5) is 20.7 Å². The van der Waals surface area contributed by atoms with Gasteiger partial charge in [0.2, 0.25) is 0 Å². The third-order valence-corrected chi connectivity index (χ3v) is 4.17. The minimum absolute atomic E-state index is 0.108. The third-order valence-electron chi connectivity index (χ3n) is 4.17. The van der Waals surface area contributed by atoms with Gasteiger partial charge in [-0.2, -0.15) is 0 Å². The average Bonchev–Trinajstić information content (AvgIpc) is 3.12. The molecule has 0 saturated carbocycles. The van der Waals surface area contributed by atoms with E-state index >= 15 is 0 Å². The molecule has 1 atom stereocenters. The monoisotopic (exact) mass is 376 g/mol. The summed E-state index contributed by atoms with van der Waals surface area (Å²) in [4.78, 5) is 27.8. The number of non-ortho nitro benzene ring substituents is 1. The number of carbonyl (C=O) groups is 1. The van der Waals surface area contributed by atoms with E-state index in [1.165, 1.54) is 23.2 Å². The molecule has 0 spiro atoms. The van der Waals surface area contributed by atoms with Gasteiger partial charge in [-0.05, 0) is 25.0 Å². The van der Waals surface area contributed by atoms with Gasteiger partial charge in [0.15, 0.2) is 11.6 Å². The van der Waals surface area contributed by atoms with Crippen molar-refractivity contribution in [3.05, 3.63) is 52.5 Å². The van der Waals surface area contributed by atoms with Gasteiger partial charge in [0.25, 0.3) is 5.69 Å². The highest BCUT2D eigenvalue weighted by atomic mass is 19.1. The molecule has 1 aliphatic heterocycles. The van der Waals surface area contributed by atoms with Crippen LogP contribution < -0.4 is 10.1 Å². The summed E-state index contributed by atoms with van der Waals surface area (Å²) in [6, 6.07) is 5.30. The van der Waals surface area contributed by atoms with Crippen molar-refractivity contribution in [2.24, 2.45) is 0 Å². The van der Waals surface area contributed by atoms with Crippen molar-refractivity contribution in [2.45, 2.75) is 18.9 Å². The Morgan fingerprint density at radius 3 is 2.96 bits per heavy atom. The number of carbonyl (C=O) groups excluding carboxylic acids is 1. The van der Waals surface area contributed by atoms with Gasteiger partial charge < -0.3 is 14.7 Å². The van der Waals surface area contributed by atoms with Crippen LogP contribution in [0.15, 0.2) is 36.5 Å². The highest BCUT2D eigenvalue weighted by Gasteiger charge is 2.28. The fraction of sp³-hybridized carbons (Fsp3) is 0.294. The van der Waals surface area contributed by atoms with E-state index in [1.54, 1.807) is 0 Å². The van der Waals surface area contributed by atoms with Crippen LogP contribution in [0, 0.1) is 15.9 Å². The van der Waals surface area contributed by atoms with Crippen LogP contribution in [-0.2, 0) is 0 Å². The normalized spacial score (nSPS) is 16.2. The Labute approximate surface area is 153 Å². The van der Waals surface area contributed by atoms with Crippen molar-refractivity contribution in [3.63, 3.8) is 0 Å². The molecule has 1 fully saturated rings. The number of aliphatic hydroxyl groups is 1. The number of pyridine rings is 1. The lowest BCUT2D eigenvalue weighted by Crippen LogP contribution is -2.40. The maximum absolute atomic E-state index is 13.9. The van der Waals surface area contributed by atoms with Gasteiger partial charge in [0.1, 0.15) is 11.6 Å². The predicted molar refractivity (Wildman–Crippen MR) is 93.2 cm³/mol. The molecular weight excluding hydrogens is 359 g/mol. The van der Waals surface area contributed by atoms with E-state index in [2.05, 4.69) is 10.3 Å². The van der Waals surface area contributed by atoms with Crippen LogP contribution >= 0.6 is 0 Å². The number of benzene rings is 1. The maximum atomic E-state index is 13.9. The first-order valence-electron chi connectivity index (χ1n) is 8.24. The van der Waals surface area contributed by atoms with Crippen molar-refractivity contribution in [2.75, 3.05) is 18.5 Å². The molecule has 142 valence electrons. The number of amides is 2. The van der Waals surface area contributed by atoms with E-state index in [0.717, 1.165) is 31.0 Å². The lowest BCUT2D eigenvalue weighted by atomic mass is 10.2. The number of ether oxygens (including phenoxy) is 1. The summed E-state index contributed by atoms with van der Waals surface area (Å²) in [7, 11) is 0. The van der Waals surface area contributed by atoms with Crippen molar-refractivity contribution < 1.29 is 24.0 Å². The van der Waals surface area contributed by atoms with Gasteiger partial charge in [-0.1, -0.05) is 0 Å². The molecule has 10 heteroatoms. The molecule has 1 aliphatic rings. The highest BCUT2D eigenvalue weighted by molar-refractivity contribution is 5.88. The van der Waals surface area contributed by atoms with Gasteiger partial charge in [0.05, 0.1) is 23.6 Å². The zero-order valence-electron chi connectivity index (χ0n) is 14.2. The highest BCUT2D eigenvalue weighted by Crippen LogP contribution is 2.28. The molecule has 0 unspecified atom stereocenters. The fourth-order valence-corrected chi connectivity index (χ4v) is 2.83. The molecule has 0 aliphatic carbocycles. The van der Waals surface area contributed by atoms with Crippen molar-refractivity contribution in [1.82, 2.24) is 9.88 Å². The number of aromatic nitrogens is 1. The van der Waals surface area contributed by atoms with Gasteiger partial charge in [-0.15, -0.1) is 0 Å². The number of urea groups is 1. The first kappa shape index (κ1) is 18.5. The van der Waals surface area contributed by atoms with Crippen molar-refractivity contribution in [1.29, 1.82) is 0 Å². The van der Waals surface area contributed by atoms with E-state index in [9.17, 15) is 24.4 Å². The number of likely N-dealkylation sites (tertiary alicyclic amines) is 1. The summed E-state index contributed by atoms with van der Waals surface area (Å²) in [6.45, 7) is 0.435. The zero-order valence-corrected chi connectivity index (χ0v) is 14.2. The first-order chi connectivity index (χ1) is 13.0. The van der Waals surface area contributed by atoms with E-state index in [0.29, 0.717) is 6.54 Å². The number of anilines is 1. The molecule has 1 aromatic carbocycles. The topological polar surface area (TPSA) is 118 Å². The average molecular weight is 376 g/mol. The summed E-state index contributed by atoms with van der Waals surface area (Å²) < 4.78 is 19.3. The molecule has 1 saturated heterocycles. The smallest absolute Gasteiger partial charge is 0.323 e. The minimum Gasteiger partial charge on any atom is -0.454 e. The third kappa shape index (κ3) is 4.29. The van der Waals surface area contributed by atoms with Crippen LogP contribution in [0.25, 0.3) is 0 Å². The molecule has 1 aromatic heterocycles. The summed E-state index contributed by atoms with van der Waals surface area (Å²) >= 11 is 0. The second-order valence-corrected chi connectivity index (χ2v) is 5.95. The van der Waals surface area contributed by atoms with Crippen LogP contribution in [0.2, 0.25) is 0 Å². The van der Waals surface area contributed by atoms with Crippen molar-refractivity contribution >= 4 is 17.5 Å². The molecule has 2 amide bonds. The summed E-state index contributed by atoms with van der Waals surface area (Å²) in [5, 5.41) is 22.6. The molecule has 2 N–H and O–H groups in total. The predicted octanol–water partition coefficient (Wildman–Crippen LogP) is 2.91. The number of hydrogen-bond donors (Lipinski definition) is 2. The second kappa shape index (κ2) is 7.96. The number of nitro benzene ring substituents is 1. The fourth-order valence-electron chi connectivity index (χ4n) is 2.83. The Morgan fingerprint density at radius 1 is 1.44 bits per heavy atom. The van der Waals surface area contributed by atoms with Crippen LogP contribution in [0.3, 0.4) is 0 Å². The van der Waals surface area contributed by atoms with E-state index in [1.807, 2.05) is 0 Å². The maximum Gasteiger partial charge on any atom is 0.323 e. The Balaban J connectivity index is 1.70. The van der Waals surface area contributed by atoms with Gasteiger partial charge in [-0.25, -0.2) is 14.2 Å². The number of nitrogens with zero attached hydrogens (tertiary/aromatic N) is 3. The molecule has 0 bridgehead atoms. The molecule has 3 rings (SSSR count). The largest absolute Gasteiger partial charge is 0.454 e. The number of rotatable bonds is 5. The molecule has 2 heterocycles. The first-order valence-corrected chi connectivity index (χ1v) is 8.24. The lowest BCUT2D eigenvalue weighted by molar-refractivity contribution is -0.385. The summed E-state index contributed by atoms with van der Waals surface area (Å²) in [6.07, 6.45) is 2.93. The van der Waals surface area contributed by atoms with Crippen molar-refractivity contribution in [3.8, 4) is 11.5 Å². The SMILES string of the molecule is O=C(Nc1cc(Oc2ccc([N+](=O)[O-])cc2F)ccn1)N1CCC[C@@H]1CO. The van der Waals surface area contributed by atoms with Gasteiger partial charge in [0, 0.05) is 24.9 Å². The number of halogens is 1. The number of nitro groups is 1. The van der Waals surface area contributed by atoms with E-state index < -0.39 is 16.8 Å². The van der Waals surface area contributed by atoms with Gasteiger partial charge >= 0.3 is 6.03 Å².